The van der Waals surface area contributed by atoms with Crippen LogP contribution in [0.15, 0.2) is 77.9 Å². The maximum Gasteiger partial charge on any atom is 0.407 e. The first-order chi connectivity index (χ1) is 18.0. The van der Waals surface area contributed by atoms with Gasteiger partial charge in [0.2, 0.25) is 5.91 Å². The van der Waals surface area contributed by atoms with Crippen molar-refractivity contribution in [2.75, 3.05) is 20.8 Å². The molecule has 0 saturated carbocycles. The zero-order valence-corrected chi connectivity index (χ0v) is 21.1. The number of carbonyl (C=O) groups excluding carboxylic acids is 2. The molecule has 37 heavy (non-hydrogen) atoms. The van der Waals surface area contributed by atoms with Crippen molar-refractivity contribution in [2.24, 2.45) is 5.10 Å². The summed E-state index contributed by atoms with van der Waals surface area (Å²) < 4.78 is 21.5. The van der Waals surface area contributed by atoms with Crippen molar-refractivity contribution < 1.29 is 28.5 Å². The molecule has 0 aliphatic heterocycles. The van der Waals surface area contributed by atoms with E-state index in [1.807, 2.05) is 72.8 Å². The fraction of sp³-hybridized carbons (Fsp3) is 0.250. The summed E-state index contributed by atoms with van der Waals surface area (Å²) in [6.45, 7) is 2.27. The first kappa shape index (κ1) is 27.1. The molecular weight excluding hydrogens is 474 g/mol. The van der Waals surface area contributed by atoms with Gasteiger partial charge in [0.15, 0.2) is 0 Å². The van der Waals surface area contributed by atoms with Crippen LogP contribution in [0, 0.1) is 0 Å². The Morgan fingerprint density at radius 1 is 0.946 bits per heavy atom. The molecular formula is C28H31N3O6. The lowest BCUT2D eigenvalue weighted by atomic mass is 10.0. The van der Waals surface area contributed by atoms with Crippen LogP contribution in [0.4, 0.5) is 4.79 Å². The van der Waals surface area contributed by atoms with E-state index in [0.29, 0.717) is 18.1 Å². The van der Waals surface area contributed by atoms with E-state index in [1.165, 1.54) is 6.21 Å². The highest BCUT2D eigenvalue weighted by Crippen LogP contribution is 2.25. The van der Waals surface area contributed by atoms with Gasteiger partial charge in [-0.2, -0.15) is 5.10 Å². The number of alkyl carbamates (subject to hydrolysis) is 1. The second-order valence-electron chi connectivity index (χ2n) is 7.86. The molecule has 0 saturated heterocycles. The Hall–Kier alpha value is -4.53. The van der Waals surface area contributed by atoms with Crippen molar-refractivity contribution >= 4 is 18.2 Å². The molecule has 0 bridgehead atoms. The summed E-state index contributed by atoms with van der Waals surface area (Å²) in [6, 6.07) is 21.5. The number of amides is 2. The Kier molecular flexibility index (Phi) is 10.3. The maximum atomic E-state index is 12.5. The number of hydrazone groups is 1. The van der Waals surface area contributed by atoms with Crippen LogP contribution in [-0.4, -0.2) is 39.0 Å². The lowest BCUT2D eigenvalue weighted by Crippen LogP contribution is -2.33. The molecule has 0 radical (unpaired) electrons. The monoisotopic (exact) mass is 505 g/mol. The molecule has 3 aromatic carbocycles. The van der Waals surface area contributed by atoms with Crippen molar-refractivity contribution in [2.45, 2.75) is 26.0 Å². The third-order valence-electron chi connectivity index (χ3n) is 5.32. The number of hydrogen-bond donors (Lipinski definition) is 2. The van der Waals surface area contributed by atoms with Crippen LogP contribution in [0.25, 0.3) is 0 Å². The summed E-state index contributed by atoms with van der Waals surface area (Å²) in [5, 5.41) is 6.74. The summed E-state index contributed by atoms with van der Waals surface area (Å²) in [5.41, 5.74) is 4.93. The molecule has 0 aliphatic carbocycles. The third-order valence-corrected chi connectivity index (χ3v) is 5.32. The Morgan fingerprint density at radius 2 is 1.68 bits per heavy atom. The molecule has 0 aliphatic rings. The van der Waals surface area contributed by atoms with E-state index >= 15 is 0 Å². The van der Waals surface area contributed by atoms with Crippen LogP contribution in [0.1, 0.15) is 36.1 Å². The van der Waals surface area contributed by atoms with Crippen molar-refractivity contribution in [1.82, 2.24) is 10.7 Å². The van der Waals surface area contributed by atoms with Crippen LogP contribution >= 0.6 is 0 Å². The fourth-order valence-electron chi connectivity index (χ4n) is 3.47. The van der Waals surface area contributed by atoms with Gasteiger partial charge in [-0.05, 0) is 60.5 Å². The smallest absolute Gasteiger partial charge is 0.407 e. The minimum Gasteiger partial charge on any atom is -0.497 e. The van der Waals surface area contributed by atoms with E-state index in [-0.39, 0.29) is 18.9 Å². The lowest BCUT2D eigenvalue weighted by Gasteiger charge is -2.18. The zero-order valence-electron chi connectivity index (χ0n) is 21.1. The highest BCUT2D eigenvalue weighted by atomic mass is 16.5. The normalized spacial score (nSPS) is 11.4. The van der Waals surface area contributed by atoms with E-state index in [9.17, 15) is 9.59 Å². The van der Waals surface area contributed by atoms with E-state index in [0.717, 1.165) is 22.4 Å². The highest BCUT2D eigenvalue weighted by Gasteiger charge is 2.18. The number of ether oxygens (including phenoxy) is 4. The van der Waals surface area contributed by atoms with E-state index in [1.54, 1.807) is 21.1 Å². The van der Waals surface area contributed by atoms with E-state index in [4.69, 9.17) is 18.9 Å². The predicted molar refractivity (Wildman–Crippen MR) is 140 cm³/mol. The van der Waals surface area contributed by atoms with Gasteiger partial charge in [0.25, 0.3) is 0 Å². The number of nitrogens with one attached hydrogen (secondary N) is 2. The SMILES string of the molecule is CCOC(=O)N[C@@H](CC(=O)N/N=C\c1ccc(OCc2cc(OC)ccc2OC)cc1)c1ccccc1. The van der Waals surface area contributed by atoms with Crippen LogP contribution < -0.4 is 25.0 Å². The number of methoxy groups -OCH3 is 2. The predicted octanol–water partition coefficient (Wildman–Crippen LogP) is 4.61. The molecule has 3 aromatic rings. The Balaban J connectivity index is 1.53. The number of benzene rings is 3. The van der Waals surface area contributed by atoms with Gasteiger partial charge in [-0.25, -0.2) is 10.2 Å². The summed E-state index contributed by atoms with van der Waals surface area (Å²) in [7, 11) is 3.22. The van der Waals surface area contributed by atoms with Crippen molar-refractivity contribution in [3.8, 4) is 17.2 Å². The van der Waals surface area contributed by atoms with Gasteiger partial charge in [-0.3, -0.25) is 4.79 Å². The molecule has 1 atom stereocenters. The Morgan fingerprint density at radius 3 is 2.35 bits per heavy atom. The standard InChI is InChI=1S/C28H31N3O6/c1-4-36-28(33)30-25(21-8-6-5-7-9-21)17-27(32)31-29-18-20-10-12-23(13-11-20)37-19-22-16-24(34-2)14-15-26(22)35-3/h5-16,18,25H,4,17,19H2,1-3H3,(H,30,33)(H,31,32)/b29-18-/t25-/m0/s1. The van der Waals surface area contributed by atoms with Crippen molar-refractivity contribution in [1.29, 1.82) is 0 Å². The van der Waals surface area contributed by atoms with Gasteiger partial charge < -0.3 is 24.3 Å². The Bertz CT molecular complexity index is 1180. The summed E-state index contributed by atoms with van der Waals surface area (Å²) in [5.74, 6) is 1.75. The Labute approximate surface area is 216 Å². The van der Waals surface area contributed by atoms with Gasteiger partial charge >= 0.3 is 6.09 Å². The molecule has 0 unspecified atom stereocenters. The maximum absolute atomic E-state index is 12.5. The van der Waals surface area contributed by atoms with Crippen molar-refractivity contribution in [3.63, 3.8) is 0 Å². The zero-order chi connectivity index (χ0) is 26.5. The van der Waals surface area contributed by atoms with Crippen LogP contribution in [0.5, 0.6) is 17.2 Å². The number of rotatable bonds is 12. The molecule has 0 heterocycles. The number of nitrogens with zero attached hydrogens (tertiary/aromatic N) is 1. The summed E-state index contributed by atoms with van der Waals surface area (Å²) >= 11 is 0. The van der Waals surface area contributed by atoms with Crippen LogP contribution in [0.2, 0.25) is 0 Å². The average Bonchev–Trinajstić information content (AvgIpc) is 2.92. The lowest BCUT2D eigenvalue weighted by molar-refractivity contribution is -0.121. The molecule has 0 fully saturated rings. The topological polar surface area (TPSA) is 107 Å². The van der Waals surface area contributed by atoms with Crippen LogP contribution in [-0.2, 0) is 16.1 Å². The van der Waals surface area contributed by atoms with Gasteiger partial charge in [0.05, 0.1) is 39.5 Å². The minimum absolute atomic E-state index is 0.000674. The number of carbonyl (C=O) groups is 2. The molecule has 2 N–H and O–H groups in total. The van der Waals surface area contributed by atoms with Crippen molar-refractivity contribution in [3.05, 3.63) is 89.5 Å². The quantitative estimate of drug-likeness (QED) is 0.275. The first-order valence-corrected chi connectivity index (χ1v) is 11.8. The first-order valence-electron chi connectivity index (χ1n) is 11.8. The van der Waals surface area contributed by atoms with E-state index in [2.05, 4.69) is 15.8 Å². The number of hydrogen-bond acceptors (Lipinski definition) is 7. The summed E-state index contributed by atoms with van der Waals surface area (Å²) in [4.78, 5) is 24.4. The summed E-state index contributed by atoms with van der Waals surface area (Å²) in [6.07, 6.45) is 0.948. The van der Waals surface area contributed by atoms with Gasteiger partial charge in [-0.1, -0.05) is 30.3 Å². The second-order valence-corrected chi connectivity index (χ2v) is 7.86. The molecule has 0 aromatic heterocycles. The molecule has 2 amide bonds. The highest BCUT2D eigenvalue weighted by molar-refractivity contribution is 5.83. The van der Waals surface area contributed by atoms with Crippen LogP contribution in [0.3, 0.4) is 0 Å². The third kappa shape index (κ3) is 8.57. The van der Waals surface area contributed by atoms with Gasteiger partial charge in [-0.15, -0.1) is 0 Å². The van der Waals surface area contributed by atoms with Gasteiger partial charge in [0.1, 0.15) is 23.9 Å². The molecule has 0 spiro atoms. The largest absolute Gasteiger partial charge is 0.497 e. The molecule has 9 heteroatoms. The van der Waals surface area contributed by atoms with E-state index < -0.39 is 12.1 Å². The molecule has 3 rings (SSSR count). The minimum atomic E-state index is -0.584. The second kappa shape index (κ2) is 14.1. The average molecular weight is 506 g/mol. The van der Waals surface area contributed by atoms with Gasteiger partial charge in [0, 0.05) is 5.56 Å². The molecule has 194 valence electrons. The molecule has 9 nitrogen and oxygen atoms in total. The fourth-order valence-corrected chi connectivity index (χ4v) is 3.47.